The molecule has 1 fully saturated rings. The van der Waals surface area contributed by atoms with Gasteiger partial charge < -0.3 is 4.74 Å². The molecule has 0 atom stereocenters. The Bertz CT molecular complexity index is 1100. The van der Waals surface area contributed by atoms with Crippen LogP contribution >= 0.6 is 11.6 Å². The number of benzene rings is 2. The Morgan fingerprint density at radius 2 is 1.93 bits per heavy atom. The molecular weight excluding hydrogens is 392 g/mol. The van der Waals surface area contributed by atoms with E-state index in [0.29, 0.717) is 27.6 Å². The summed E-state index contributed by atoms with van der Waals surface area (Å²) >= 11 is 6.05. The Hall–Kier alpha value is -3.56. The Labute approximate surface area is 173 Å². The fourth-order valence-corrected chi connectivity index (χ4v) is 3.06. The standard InChI is InChI=1S/C22H17ClN2O4/c1-4-9-29-19-8-7-16(23)11-15(19)12-17-20(26)24-22(28)25(21(17)27)18-10-13(2)5-6-14(18)3/h1,5-8,10-12H,9H2,2-3H3,(H,24,26,28)/b17-12+. The number of aryl methyl sites for hydroxylation is 2. The second-order valence-corrected chi connectivity index (χ2v) is 6.86. The van der Waals surface area contributed by atoms with E-state index in [2.05, 4.69) is 11.2 Å². The lowest BCUT2D eigenvalue weighted by Gasteiger charge is -2.28. The maximum absolute atomic E-state index is 13.1. The van der Waals surface area contributed by atoms with Crippen molar-refractivity contribution in [2.24, 2.45) is 0 Å². The van der Waals surface area contributed by atoms with Crippen molar-refractivity contribution in [1.82, 2.24) is 5.32 Å². The molecule has 0 unspecified atom stereocenters. The van der Waals surface area contributed by atoms with Crippen molar-refractivity contribution in [1.29, 1.82) is 0 Å². The molecule has 0 radical (unpaired) electrons. The van der Waals surface area contributed by atoms with Gasteiger partial charge >= 0.3 is 6.03 Å². The van der Waals surface area contributed by atoms with Crippen molar-refractivity contribution >= 4 is 41.2 Å². The van der Waals surface area contributed by atoms with Crippen molar-refractivity contribution in [3.63, 3.8) is 0 Å². The minimum absolute atomic E-state index is 0.00501. The number of hydrogen-bond donors (Lipinski definition) is 1. The molecule has 2 aromatic rings. The van der Waals surface area contributed by atoms with E-state index in [1.165, 1.54) is 6.08 Å². The predicted octanol–water partition coefficient (Wildman–Crippen LogP) is 3.64. The van der Waals surface area contributed by atoms with Crippen LogP contribution in [0.1, 0.15) is 16.7 Å². The summed E-state index contributed by atoms with van der Waals surface area (Å²) in [5, 5.41) is 2.59. The number of imide groups is 2. The van der Waals surface area contributed by atoms with Crippen LogP contribution in [0.5, 0.6) is 5.75 Å². The number of anilines is 1. The maximum atomic E-state index is 13.1. The number of halogens is 1. The minimum Gasteiger partial charge on any atom is -0.480 e. The summed E-state index contributed by atoms with van der Waals surface area (Å²) < 4.78 is 5.46. The van der Waals surface area contributed by atoms with Gasteiger partial charge in [-0.3, -0.25) is 14.9 Å². The normalized spacial score (nSPS) is 15.3. The van der Waals surface area contributed by atoms with Gasteiger partial charge in [-0.05, 0) is 55.3 Å². The summed E-state index contributed by atoms with van der Waals surface area (Å²) in [4.78, 5) is 38.9. The average molecular weight is 409 g/mol. The van der Waals surface area contributed by atoms with E-state index in [-0.39, 0.29) is 12.2 Å². The SMILES string of the molecule is C#CCOc1ccc(Cl)cc1/C=C1\C(=O)NC(=O)N(c2cc(C)ccc2C)C1=O. The molecule has 1 N–H and O–H groups in total. The van der Waals surface area contributed by atoms with Crippen LogP contribution in [-0.4, -0.2) is 24.5 Å². The van der Waals surface area contributed by atoms with Crippen LogP contribution in [0.25, 0.3) is 6.08 Å². The summed E-state index contributed by atoms with van der Waals surface area (Å²) in [5.74, 6) is 1.17. The molecule has 1 aliphatic heterocycles. The molecule has 0 spiro atoms. The quantitative estimate of drug-likeness (QED) is 0.476. The smallest absolute Gasteiger partial charge is 0.335 e. The van der Waals surface area contributed by atoms with Crippen LogP contribution in [0.4, 0.5) is 10.5 Å². The molecule has 146 valence electrons. The number of ether oxygens (including phenoxy) is 1. The monoisotopic (exact) mass is 408 g/mol. The number of terminal acetylenes is 1. The van der Waals surface area contributed by atoms with E-state index in [1.54, 1.807) is 37.3 Å². The Balaban J connectivity index is 2.08. The molecule has 0 aromatic heterocycles. The van der Waals surface area contributed by atoms with Crippen molar-refractivity contribution < 1.29 is 19.1 Å². The first-order valence-electron chi connectivity index (χ1n) is 8.66. The maximum Gasteiger partial charge on any atom is 0.335 e. The largest absolute Gasteiger partial charge is 0.480 e. The lowest BCUT2D eigenvalue weighted by atomic mass is 10.0. The van der Waals surface area contributed by atoms with Crippen molar-refractivity contribution in [3.05, 3.63) is 63.7 Å². The van der Waals surface area contributed by atoms with Gasteiger partial charge in [0.1, 0.15) is 17.9 Å². The molecule has 4 amide bonds. The molecule has 2 aromatic carbocycles. The zero-order valence-corrected chi connectivity index (χ0v) is 16.5. The number of hydrogen-bond acceptors (Lipinski definition) is 4. The highest BCUT2D eigenvalue weighted by Crippen LogP contribution is 2.29. The molecular formula is C22H17ClN2O4. The van der Waals surface area contributed by atoms with Crippen molar-refractivity contribution in [3.8, 4) is 18.1 Å². The number of barbiturate groups is 1. The summed E-state index contributed by atoms with van der Waals surface area (Å²) in [6.45, 7) is 3.63. The zero-order valence-electron chi connectivity index (χ0n) is 15.8. The number of amides is 4. The van der Waals surface area contributed by atoms with E-state index in [9.17, 15) is 14.4 Å². The first-order chi connectivity index (χ1) is 13.8. The van der Waals surface area contributed by atoms with Crippen LogP contribution in [0, 0.1) is 26.2 Å². The minimum atomic E-state index is -0.805. The average Bonchev–Trinajstić information content (AvgIpc) is 2.67. The second-order valence-electron chi connectivity index (χ2n) is 6.42. The van der Waals surface area contributed by atoms with Gasteiger partial charge in [-0.1, -0.05) is 29.7 Å². The topological polar surface area (TPSA) is 75.7 Å². The lowest BCUT2D eigenvalue weighted by Crippen LogP contribution is -2.54. The van der Waals surface area contributed by atoms with Crippen LogP contribution in [0.2, 0.25) is 5.02 Å². The molecule has 29 heavy (non-hydrogen) atoms. The lowest BCUT2D eigenvalue weighted by molar-refractivity contribution is -0.122. The summed E-state index contributed by atoms with van der Waals surface area (Å²) in [6.07, 6.45) is 6.56. The van der Waals surface area contributed by atoms with Crippen LogP contribution in [0.3, 0.4) is 0 Å². The summed E-state index contributed by atoms with van der Waals surface area (Å²) in [5.41, 5.74) is 2.16. The molecule has 6 nitrogen and oxygen atoms in total. The molecule has 1 heterocycles. The van der Waals surface area contributed by atoms with Gasteiger partial charge in [-0.15, -0.1) is 6.42 Å². The number of carbonyl (C=O) groups is 3. The molecule has 0 saturated carbocycles. The van der Waals surface area contributed by atoms with Crippen LogP contribution in [0.15, 0.2) is 42.0 Å². The first kappa shape index (κ1) is 20.2. The highest BCUT2D eigenvalue weighted by atomic mass is 35.5. The van der Waals surface area contributed by atoms with E-state index < -0.39 is 17.8 Å². The molecule has 3 rings (SSSR count). The van der Waals surface area contributed by atoms with Gasteiger partial charge in [-0.2, -0.15) is 0 Å². The second kappa shape index (κ2) is 8.21. The molecule has 1 saturated heterocycles. The van der Waals surface area contributed by atoms with Gasteiger partial charge in [0.05, 0.1) is 5.69 Å². The molecule has 1 aliphatic rings. The van der Waals surface area contributed by atoms with Crippen molar-refractivity contribution in [2.75, 3.05) is 11.5 Å². The number of rotatable bonds is 4. The number of nitrogens with one attached hydrogen (secondary N) is 1. The Kier molecular flexibility index (Phi) is 5.71. The molecule has 0 aliphatic carbocycles. The summed E-state index contributed by atoms with van der Waals surface area (Å²) in [7, 11) is 0. The fourth-order valence-electron chi connectivity index (χ4n) is 2.88. The number of urea groups is 1. The fraction of sp³-hybridized carbons (Fsp3) is 0.136. The highest BCUT2D eigenvalue weighted by molar-refractivity contribution is 6.39. The van der Waals surface area contributed by atoms with Gasteiger partial charge in [0.2, 0.25) is 0 Å². The number of nitrogens with zero attached hydrogens (tertiary/aromatic N) is 1. The third kappa shape index (κ3) is 4.15. The van der Waals surface area contributed by atoms with E-state index in [0.717, 1.165) is 10.5 Å². The van der Waals surface area contributed by atoms with E-state index in [1.807, 2.05) is 13.0 Å². The summed E-state index contributed by atoms with van der Waals surface area (Å²) in [6, 6.07) is 9.30. The predicted molar refractivity (Wildman–Crippen MR) is 111 cm³/mol. The Morgan fingerprint density at radius 3 is 2.66 bits per heavy atom. The van der Waals surface area contributed by atoms with Gasteiger partial charge in [0.25, 0.3) is 11.8 Å². The van der Waals surface area contributed by atoms with Gasteiger partial charge in [0.15, 0.2) is 0 Å². The van der Waals surface area contributed by atoms with Crippen molar-refractivity contribution in [2.45, 2.75) is 13.8 Å². The third-order valence-electron chi connectivity index (χ3n) is 4.29. The third-order valence-corrected chi connectivity index (χ3v) is 4.52. The van der Waals surface area contributed by atoms with Gasteiger partial charge in [0, 0.05) is 10.6 Å². The first-order valence-corrected chi connectivity index (χ1v) is 9.04. The molecule has 7 heteroatoms. The van der Waals surface area contributed by atoms with Crippen LogP contribution < -0.4 is 15.0 Å². The van der Waals surface area contributed by atoms with E-state index >= 15 is 0 Å². The number of carbonyl (C=O) groups excluding carboxylic acids is 3. The zero-order chi connectivity index (χ0) is 21.1. The van der Waals surface area contributed by atoms with E-state index in [4.69, 9.17) is 22.8 Å². The van der Waals surface area contributed by atoms with Gasteiger partial charge in [-0.25, -0.2) is 9.69 Å². The Morgan fingerprint density at radius 1 is 1.17 bits per heavy atom. The molecule has 0 bridgehead atoms. The highest BCUT2D eigenvalue weighted by Gasteiger charge is 2.37. The van der Waals surface area contributed by atoms with Crippen LogP contribution in [-0.2, 0) is 9.59 Å².